The van der Waals surface area contributed by atoms with Gasteiger partial charge in [-0.1, -0.05) is 18.2 Å². The smallest absolute Gasteiger partial charge is 0.220 e. The third-order valence-electron chi connectivity index (χ3n) is 2.57. The molecule has 8 heteroatoms. The molecule has 0 radical (unpaired) electrons. The number of hydrogen-bond donors (Lipinski definition) is 2. The number of nitrogen functional groups attached to an aromatic ring is 2. The van der Waals surface area contributed by atoms with Gasteiger partial charge in [-0.3, -0.25) is 0 Å². The Morgan fingerprint density at radius 1 is 1.00 bits per heavy atom. The molecular weight excluding hydrogens is 274 g/mol. The molecule has 0 atom stereocenters. The quantitative estimate of drug-likeness (QED) is 0.748. The van der Waals surface area contributed by atoms with Crippen LogP contribution in [-0.2, 0) is 0 Å². The van der Waals surface area contributed by atoms with Gasteiger partial charge < -0.3 is 11.5 Å². The molecule has 100 valence electrons. The molecule has 0 aliphatic carbocycles. The Kier molecular flexibility index (Phi) is 3.21. The molecule has 1 aromatic carbocycles. The van der Waals surface area contributed by atoms with Crippen molar-refractivity contribution in [1.29, 1.82) is 0 Å². The van der Waals surface area contributed by atoms with Crippen LogP contribution in [0.2, 0.25) is 0 Å². The van der Waals surface area contributed by atoms with Gasteiger partial charge in [0.15, 0.2) is 0 Å². The minimum atomic E-state index is 0.300. The third-order valence-corrected chi connectivity index (χ3v) is 3.44. The normalized spacial score (nSPS) is 10.6. The second-order valence-corrected chi connectivity index (χ2v) is 4.92. The van der Waals surface area contributed by atoms with Crippen LogP contribution in [0.1, 0.15) is 0 Å². The molecule has 0 aliphatic heterocycles. The summed E-state index contributed by atoms with van der Waals surface area (Å²) in [6.07, 6.45) is 0. The van der Waals surface area contributed by atoms with E-state index in [-0.39, 0.29) is 0 Å². The van der Waals surface area contributed by atoms with Crippen LogP contribution in [0.15, 0.2) is 52.6 Å². The molecule has 2 heterocycles. The lowest BCUT2D eigenvalue weighted by Crippen LogP contribution is -2.00. The maximum Gasteiger partial charge on any atom is 0.220 e. The lowest BCUT2D eigenvalue weighted by Gasteiger charge is -2.04. The van der Waals surface area contributed by atoms with E-state index in [0.717, 1.165) is 5.69 Å². The first-order chi connectivity index (χ1) is 9.74. The molecule has 0 unspecified atom stereocenters. The summed E-state index contributed by atoms with van der Waals surface area (Å²) in [7, 11) is 0. The summed E-state index contributed by atoms with van der Waals surface area (Å²) in [5, 5.41) is 12.9. The van der Waals surface area contributed by atoms with Crippen LogP contribution in [0.5, 0.6) is 0 Å². The zero-order chi connectivity index (χ0) is 13.9. The average molecular weight is 285 g/mol. The lowest BCUT2D eigenvalue weighted by atomic mass is 10.3. The van der Waals surface area contributed by atoms with Crippen molar-refractivity contribution in [1.82, 2.24) is 25.2 Å². The van der Waals surface area contributed by atoms with Crippen molar-refractivity contribution < 1.29 is 0 Å². The summed E-state index contributed by atoms with van der Waals surface area (Å²) in [4.78, 5) is 4.19. The fourth-order valence-corrected chi connectivity index (χ4v) is 2.36. The van der Waals surface area contributed by atoms with Gasteiger partial charge in [0, 0.05) is 0 Å². The largest absolute Gasteiger partial charge is 0.396 e. The highest BCUT2D eigenvalue weighted by atomic mass is 32.2. The number of para-hydroxylation sites is 1. The Balaban J connectivity index is 1.92. The predicted octanol–water partition coefficient (Wildman–Crippen LogP) is 1.37. The molecule has 0 saturated carbocycles. The lowest BCUT2D eigenvalue weighted by molar-refractivity contribution is 0.756. The molecule has 0 aliphatic rings. The van der Waals surface area contributed by atoms with Crippen molar-refractivity contribution in [3.05, 3.63) is 42.5 Å². The van der Waals surface area contributed by atoms with E-state index in [9.17, 15) is 0 Å². The summed E-state index contributed by atoms with van der Waals surface area (Å²) >= 11 is 1.32. The van der Waals surface area contributed by atoms with Gasteiger partial charge in [-0.25, -0.2) is 4.98 Å². The van der Waals surface area contributed by atoms with Crippen molar-refractivity contribution in [2.75, 3.05) is 11.5 Å². The maximum atomic E-state index is 5.69. The van der Waals surface area contributed by atoms with Gasteiger partial charge in [0.05, 0.1) is 11.4 Å². The SMILES string of the molecule is Nc1ccc(Sc2nnnn2-c2ccccc2)nc1N. The summed E-state index contributed by atoms with van der Waals surface area (Å²) in [6.45, 7) is 0. The van der Waals surface area contributed by atoms with Crippen LogP contribution in [-0.4, -0.2) is 25.2 Å². The van der Waals surface area contributed by atoms with E-state index < -0.39 is 0 Å². The van der Waals surface area contributed by atoms with E-state index in [0.29, 0.717) is 21.7 Å². The summed E-state index contributed by atoms with van der Waals surface area (Å²) in [6, 6.07) is 13.1. The topological polar surface area (TPSA) is 109 Å². The molecule has 0 fully saturated rings. The van der Waals surface area contributed by atoms with Crippen LogP contribution < -0.4 is 11.5 Å². The van der Waals surface area contributed by atoms with Gasteiger partial charge in [0.2, 0.25) is 5.16 Å². The monoisotopic (exact) mass is 285 g/mol. The van der Waals surface area contributed by atoms with Crippen molar-refractivity contribution >= 4 is 23.3 Å². The van der Waals surface area contributed by atoms with Gasteiger partial charge in [0.1, 0.15) is 10.8 Å². The van der Waals surface area contributed by atoms with Crippen molar-refractivity contribution in [3.8, 4) is 5.69 Å². The molecule has 0 spiro atoms. The Morgan fingerprint density at radius 3 is 2.55 bits per heavy atom. The van der Waals surface area contributed by atoms with Crippen LogP contribution in [0.4, 0.5) is 11.5 Å². The Bertz CT molecular complexity index is 726. The molecule has 0 bridgehead atoms. The van der Waals surface area contributed by atoms with Gasteiger partial charge in [-0.2, -0.15) is 4.68 Å². The van der Waals surface area contributed by atoms with Gasteiger partial charge in [-0.15, -0.1) is 5.10 Å². The van der Waals surface area contributed by atoms with E-state index in [1.807, 2.05) is 30.3 Å². The minimum absolute atomic E-state index is 0.300. The van der Waals surface area contributed by atoms with Crippen molar-refractivity contribution in [2.45, 2.75) is 10.2 Å². The van der Waals surface area contributed by atoms with Gasteiger partial charge >= 0.3 is 0 Å². The zero-order valence-corrected chi connectivity index (χ0v) is 11.2. The van der Waals surface area contributed by atoms with E-state index >= 15 is 0 Å². The Hall–Kier alpha value is -2.61. The number of hydrogen-bond acceptors (Lipinski definition) is 7. The average Bonchev–Trinajstić information content (AvgIpc) is 2.92. The van der Waals surface area contributed by atoms with Crippen molar-refractivity contribution in [3.63, 3.8) is 0 Å². The fraction of sp³-hybridized carbons (Fsp3) is 0. The molecule has 0 saturated heterocycles. The first-order valence-corrected chi connectivity index (χ1v) is 6.59. The standard InChI is InChI=1S/C12H11N7S/c13-9-6-7-10(15-11(9)14)20-12-16-17-18-19(12)8-4-2-1-3-5-8/h1-7H,13H2,(H2,14,15). The first kappa shape index (κ1) is 12.4. The second kappa shape index (κ2) is 5.17. The number of nitrogens with zero attached hydrogens (tertiary/aromatic N) is 5. The van der Waals surface area contributed by atoms with Crippen LogP contribution in [0, 0.1) is 0 Å². The van der Waals surface area contributed by atoms with Gasteiger partial charge in [-0.05, 0) is 46.5 Å². The summed E-state index contributed by atoms with van der Waals surface area (Å²) < 4.78 is 1.64. The third kappa shape index (κ3) is 2.41. The van der Waals surface area contributed by atoms with Crippen LogP contribution >= 0.6 is 11.8 Å². The number of nitrogens with two attached hydrogens (primary N) is 2. The molecule has 4 N–H and O–H groups in total. The summed E-state index contributed by atoms with van der Waals surface area (Å²) in [5.74, 6) is 0.300. The Labute approximate surface area is 119 Å². The molecule has 7 nitrogen and oxygen atoms in total. The van der Waals surface area contributed by atoms with Crippen molar-refractivity contribution in [2.24, 2.45) is 0 Å². The number of tetrazole rings is 1. The fourth-order valence-electron chi connectivity index (χ4n) is 1.59. The summed E-state index contributed by atoms with van der Waals surface area (Å²) in [5.41, 5.74) is 12.7. The highest BCUT2D eigenvalue weighted by Gasteiger charge is 2.11. The number of anilines is 2. The minimum Gasteiger partial charge on any atom is -0.396 e. The van der Waals surface area contributed by atoms with Gasteiger partial charge in [0.25, 0.3) is 0 Å². The van der Waals surface area contributed by atoms with Crippen LogP contribution in [0.3, 0.4) is 0 Å². The number of pyridine rings is 1. The van der Waals surface area contributed by atoms with Crippen LogP contribution in [0.25, 0.3) is 5.69 Å². The first-order valence-electron chi connectivity index (χ1n) is 5.77. The molecular formula is C12H11N7S. The van der Waals surface area contributed by atoms with E-state index in [4.69, 9.17) is 11.5 Å². The molecule has 20 heavy (non-hydrogen) atoms. The number of rotatable bonds is 3. The molecule has 3 rings (SSSR count). The molecule has 3 aromatic rings. The van der Waals surface area contributed by atoms with E-state index in [2.05, 4.69) is 20.5 Å². The molecule has 2 aromatic heterocycles. The van der Waals surface area contributed by atoms with E-state index in [1.165, 1.54) is 11.8 Å². The zero-order valence-electron chi connectivity index (χ0n) is 10.3. The predicted molar refractivity (Wildman–Crippen MR) is 76.3 cm³/mol. The van der Waals surface area contributed by atoms with E-state index in [1.54, 1.807) is 16.8 Å². The molecule has 0 amide bonds. The number of benzene rings is 1. The highest BCUT2D eigenvalue weighted by molar-refractivity contribution is 7.99. The highest BCUT2D eigenvalue weighted by Crippen LogP contribution is 2.27. The second-order valence-electron chi connectivity index (χ2n) is 3.93. The number of aromatic nitrogens is 5. The maximum absolute atomic E-state index is 5.69. The Morgan fingerprint density at radius 2 is 1.80 bits per heavy atom.